The number of nitrogens with zero attached hydrogens (tertiary/aromatic N) is 1. The van der Waals surface area contributed by atoms with Gasteiger partial charge in [-0.25, -0.2) is 4.39 Å². The van der Waals surface area contributed by atoms with Gasteiger partial charge in [-0.05, 0) is 12.1 Å². The molecular weight excluding hydrogens is 272 g/mol. The maximum Gasteiger partial charge on any atom is 0.307 e. The summed E-state index contributed by atoms with van der Waals surface area (Å²) in [5.74, 6) is -2.84. The molecule has 0 aliphatic carbocycles. The lowest BCUT2D eigenvalue weighted by atomic mass is 10.2. The van der Waals surface area contributed by atoms with Gasteiger partial charge in [0.1, 0.15) is 5.75 Å². The summed E-state index contributed by atoms with van der Waals surface area (Å²) in [7, 11) is 0. The van der Waals surface area contributed by atoms with Gasteiger partial charge in [-0.1, -0.05) is 12.1 Å². The van der Waals surface area contributed by atoms with Gasteiger partial charge in [0.2, 0.25) is 5.82 Å². The first-order chi connectivity index (χ1) is 9.52. The van der Waals surface area contributed by atoms with E-state index in [1.54, 1.807) is 12.1 Å². The van der Waals surface area contributed by atoms with Crippen molar-refractivity contribution in [3.8, 4) is 11.5 Å². The summed E-state index contributed by atoms with van der Waals surface area (Å²) in [5, 5.41) is 10.5. The van der Waals surface area contributed by atoms with E-state index < -0.39 is 28.0 Å². The average Bonchev–Trinajstić information content (AvgIpc) is 2.42. The Hall–Kier alpha value is -2.83. The summed E-state index contributed by atoms with van der Waals surface area (Å²) >= 11 is 0. The van der Waals surface area contributed by atoms with Crippen LogP contribution in [0.1, 0.15) is 10.4 Å². The highest BCUT2D eigenvalue weighted by Gasteiger charge is 2.20. The molecule has 2 aromatic carbocycles. The Bertz CT molecular complexity index is 688. The summed E-state index contributed by atoms with van der Waals surface area (Å²) in [6.45, 7) is 0. The first-order valence-electron chi connectivity index (χ1n) is 5.38. The fraction of sp³-hybridized carbons (Fsp3) is 0. The summed E-state index contributed by atoms with van der Waals surface area (Å²) in [4.78, 5) is 20.2. The maximum atomic E-state index is 13.6. The molecule has 0 aliphatic heterocycles. The Balaban J connectivity index is 2.42. The van der Waals surface area contributed by atoms with Gasteiger partial charge in [0, 0.05) is 6.07 Å². The summed E-state index contributed by atoms with van der Waals surface area (Å²) in [5.41, 5.74) is -0.843. The molecule has 0 unspecified atom stereocenters. The number of rotatable bonds is 4. The Morgan fingerprint density at radius 1 is 1.10 bits per heavy atom. The molecule has 0 saturated heterocycles. The van der Waals surface area contributed by atoms with Crippen LogP contribution in [0.2, 0.25) is 0 Å². The van der Waals surface area contributed by atoms with Gasteiger partial charge >= 0.3 is 5.69 Å². The lowest BCUT2D eigenvalue weighted by Crippen LogP contribution is -1.97. The molecule has 0 N–H and O–H groups in total. The van der Waals surface area contributed by atoms with Gasteiger partial charge in [0.25, 0.3) is 0 Å². The first kappa shape index (κ1) is 13.6. The predicted molar refractivity (Wildman–Crippen MR) is 64.9 cm³/mol. The van der Waals surface area contributed by atoms with Crippen molar-refractivity contribution in [2.75, 3.05) is 0 Å². The second-order valence-electron chi connectivity index (χ2n) is 3.75. The van der Waals surface area contributed by atoms with Crippen molar-refractivity contribution in [3.63, 3.8) is 0 Å². The molecule has 0 bridgehead atoms. The van der Waals surface area contributed by atoms with E-state index in [0.29, 0.717) is 18.4 Å². The number of para-hydroxylation sites is 1. The van der Waals surface area contributed by atoms with Gasteiger partial charge in [0.05, 0.1) is 16.6 Å². The van der Waals surface area contributed by atoms with Crippen LogP contribution in [0.25, 0.3) is 0 Å². The highest BCUT2D eigenvalue weighted by Crippen LogP contribution is 2.31. The van der Waals surface area contributed by atoms with Crippen molar-refractivity contribution in [3.05, 3.63) is 63.7 Å². The number of carbonyl (C=O) groups excluding carboxylic acids is 1. The highest BCUT2D eigenvalue weighted by molar-refractivity contribution is 5.79. The molecule has 0 saturated carbocycles. The second-order valence-corrected chi connectivity index (χ2v) is 3.75. The summed E-state index contributed by atoms with van der Waals surface area (Å²) < 4.78 is 32.1. The van der Waals surface area contributed by atoms with E-state index >= 15 is 0 Å². The normalized spacial score (nSPS) is 10.1. The van der Waals surface area contributed by atoms with E-state index in [1.807, 2.05) is 0 Å². The van der Waals surface area contributed by atoms with E-state index in [4.69, 9.17) is 4.74 Å². The number of nitro groups is 1. The minimum atomic E-state index is -1.23. The standard InChI is InChI=1S/C13H7F2NO4/c14-9-6-13(10(15)5-11(9)16(18)19)20-12-4-2-1-3-8(12)7-17/h1-7H. The topological polar surface area (TPSA) is 69.4 Å². The third kappa shape index (κ3) is 2.61. The zero-order valence-corrected chi connectivity index (χ0v) is 9.88. The van der Waals surface area contributed by atoms with Gasteiger partial charge in [-0.2, -0.15) is 4.39 Å². The van der Waals surface area contributed by atoms with E-state index in [-0.39, 0.29) is 11.3 Å². The molecule has 2 rings (SSSR count). The van der Waals surface area contributed by atoms with Crippen molar-refractivity contribution in [1.29, 1.82) is 0 Å². The second kappa shape index (κ2) is 5.43. The van der Waals surface area contributed by atoms with Crippen LogP contribution in [-0.2, 0) is 0 Å². The smallest absolute Gasteiger partial charge is 0.307 e. The minimum Gasteiger partial charge on any atom is -0.453 e. The zero-order chi connectivity index (χ0) is 14.7. The van der Waals surface area contributed by atoms with Crippen LogP contribution >= 0.6 is 0 Å². The first-order valence-corrected chi connectivity index (χ1v) is 5.38. The van der Waals surface area contributed by atoms with E-state index in [0.717, 1.165) is 0 Å². The van der Waals surface area contributed by atoms with Crippen LogP contribution in [0.15, 0.2) is 36.4 Å². The molecule has 0 spiro atoms. The predicted octanol–water partition coefficient (Wildman–Crippen LogP) is 3.48. The van der Waals surface area contributed by atoms with Crippen LogP contribution in [0.3, 0.4) is 0 Å². The molecule has 0 amide bonds. The molecule has 0 aromatic heterocycles. The molecule has 20 heavy (non-hydrogen) atoms. The number of nitro benzene ring substituents is 1. The van der Waals surface area contributed by atoms with E-state index in [1.165, 1.54) is 12.1 Å². The maximum absolute atomic E-state index is 13.6. The summed E-state index contributed by atoms with van der Waals surface area (Å²) in [6, 6.07) is 6.93. The molecule has 102 valence electrons. The number of aldehydes is 1. The lowest BCUT2D eigenvalue weighted by Gasteiger charge is -2.08. The van der Waals surface area contributed by atoms with Gasteiger partial charge in [-0.15, -0.1) is 0 Å². The number of carbonyl (C=O) groups is 1. The van der Waals surface area contributed by atoms with Crippen molar-refractivity contribution in [2.24, 2.45) is 0 Å². The Morgan fingerprint density at radius 2 is 1.80 bits per heavy atom. The zero-order valence-electron chi connectivity index (χ0n) is 9.88. The number of benzene rings is 2. The van der Waals surface area contributed by atoms with Gasteiger partial charge in [-0.3, -0.25) is 14.9 Å². The molecular formula is C13H7F2NO4. The fourth-order valence-corrected chi connectivity index (χ4v) is 1.53. The molecule has 2 aromatic rings. The van der Waals surface area contributed by atoms with Crippen LogP contribution in [0.4, 0.5) is 14.5 Å². The van der Waals surface area contributed by atoms with E-state index in [2.05, 4.69) is 0 Å². The van der Waals surface area contributed by atoms with Crippen molar-refractivity contribution in [1.82, 2.24) is 0 Å². The SMILES string of the molecule is O=Cc1ccccc1Oc1cc(F)c([N+](=O)[O-])cc1F. The molecule has 0 radical (unpaired) electrons. The minimum absolute atomic E-state index is 0.0228. The Labute approximate surface area is 111 Å². The molecule has 0 fully saturated rings. The van der Waals surface area contributed by atoms with Crippen molar-refractivity contribution < 1.29 is 23.2 Å². The van der Waals surface area contributed by atoms with E-state index in [9.17, 15) is 23.7 Å². The van der Waals surface area contributed by atoms with Crippen LogP contribution in [0, 0.1) is 21.7 Å². The van der Waals surface area contributed by atoms with Crippen LogP contribution < -0.4 is 4.74 Å². The third-order valence-corrected chi connectivity index (χ3v) is 2.46. The van der Waals surface area contributed by atoms with Crippen molar-refractivity contribution >= 4 is 12.0 Å². The average molecular weight is 279 g/mol. The molecule has 5 nitrogen and oxygen atoms in total. The molecule has 0 atom stereocenters. The number of hydrogen-bond donors (Lipinski definition) is 0. The number of ether oxygens (including phenoxy) is 1. The Kier molecular flexibility index (Phi) is 3.69. The Morgan fingerprint density at radius 3 is 2.45 bits per heavy atom. The quantitative estimate of drug-likeness (QED) is 0.488. The molecule has 7 heteroatoms. The lowest BCUT2D eigenvalue weighted by molar-refractivity contribution is -0.387. The monoisotopic (exact) mass is 279 g/mol. The highest BCUT2D eigenvalue weighted by atomic mass is 19.1. The number of hydrogen-bond acceptors (Lipinski definition) is 4. The largest absolute Gasteiger partial charge is 0.453 e. The fourth-order valence-electron chi connectivity index (χ4n) is 1.53. The summed E-state index contributed by atoms with van der Waals surface area (Å²) in [6.07, 6.45) is 0.495. The van der Waals surface area contributed by atoms with Crippen LogP contribution in [-0.4, -0.2) is 11.2 Å². The van der Waals surface area contributed by atoms with Gasteiger partial charge < -0.3 is 4.74 Å². The number of halogens is 2. The van der Waals surface area contributed by atoms with Crippen LogP contribution in [0.5, 0.6) is 11.5 Å². The third-order valence-electron chi connectivity index (χ3n) is 2.46. The molecule has 0 aliphatic rings. The van der Waals surface area contributed by atoms with Crippen molar-refractivity contribution in [2.45, 2.75) is 0 Å². The van der Waals surface area contributed by atoms with Gasteiger partial charge in [0.15, 0.2) is 17.9 Å². The molecule has 0 heterocycles.